The van der Waals surface area contributed by atoms with Crippen LogP contribution in [0.3, 0.4) is 0 Å². The minimum Gasteiger partial charge on any atom is -0.135 e. The molecule has 0 bridgehead atoms. The Morgan fingerprint density at radius 3 is 1.25 bits per heavy atom. The third kappa shape index (κ3) is 4.96. The number of benzene rings is 11. The Bertz CT molecular complexity index is 3770. The van der Waals surface area contributed by atoms with Crippen LogP contribution in [0.15, 0.2) is 206 Å². The number of rotatable bonds is 4. The molecule has 0 unspecified atom stereocenters. The van der Waals surface area contributed by atoms with Gasteiger partial charge in [-0.15, -0.1) is 22.7 Å². The Hall–Kier alpha value is -7.10. The molecule has 13 aromatic rings. The fourth-order valence-corrected chi connectivity index (χ4v) is 12.4. The normalized spacial score (nSPS) is 12.0. The largest absolute Gasteiger partial charge is 0.135 e. The van der Waals surface area contributed by atoms with E-state index >= 15 is 0 Å². The molecule has 0 amide bonds. The quantitative estimate of drug-likeness (QED) is 0.156. The van der Waals surface area contributed by atoms with E-state index in [1.807, 2.05) is 22.7 Å². The summed E-state index contributed by atoms with van der Waals surface area (Å²) in [5.74, 6) is 0. The lowest BCUT2D eigenvalue weighted by molar-refractivity contribution is 1.66. The second-order valence-electron chi connectivity index (χ2n) is 15.8. The fraction of sp³-hybridized carbons (Fsp3) is 0. The molecule has 2 heterocycles. The molecule has 0 nitrogen and oxygen atoms in total. The van der Waals surface area contributed by atoms with Crippen LogP contribution in [0.5, 0.6) is 0 Å². The maximum Gasteiger partial charge on any atom is 0.0361 e. The molecule has 13 rings (SSSR count). The molecule has 0 aliphatic carbocycles. The predicted molar refractivity (Wildman–Crippen MR) is 264 cm³/mol. The number of hydrogen-bond donors (Lipinski definition) is 0. The van der Waals surface area contributed by atoms with Crippen LogP contribution in [0.1, 0.15) is 0 Å². The monoisotopic (exact) mass is 794 g/mol. The average Bonchev–Trinajstić information content (AvgIpc) is 3.88. The molecule has 2 heteroatoms. The van der Waals surface area contributed by atoms with Gasteiger partial charge in [0, 0.05) is 40.3 Å². The lowest BCUT2D eigenvalue weighted by atomic mass is 9.85. The van der Waals surface area contributed by atoms with Gasteiger partial charge in [0.15, 0.2) is 0 Å². The zero-order valence-corrected chi connectivity index (χ0v) is 34.1. The van der Waals surface area contributed by atoms with E-state index in [0.29, 0.717) is 0 Å². The lowest BCUT2D eigenvalue weighted by Crippen LogP contribution is -1.91. The van der Waals surface area contributed by atoms with Crippen LogP contribution in [0.25, 0.3) is 128 Å². The predicted octanol–water partition coefficient (Wildman–Crippen LogP) is 17.7. The average molecular weight is 795 g/mol. The molecule has 0 atom stereocenters. The summed E-state index contributed by atoms with van der Waals surface area (Å²) in [7, 11) is 0. The van der Waals surface area contributed by atoms with Gasteiger partial charge < -0.3 is 0 Å². The molecule has 0 saturated heterocycles. The van der Waals surface area contributed by atoms with Crippen LogP contribution in [-0.2, 0) is 0 Å². The van der Waals surface area contributed by atoms with E-state index in [1.165, 1.54) is 128 Å². The van der Waals surface area contributed by atoms with Gasteiger partial charge in [-0.3, -0.25) is 0 Å². The summed E-state index contributed by atoms with van der Waals surface area (Å²) in [5.41, 5.74) is 10.2. The highest BCUT2D eigenvalue weighted by molar-refractivity contribution is 7.26. The Morgan fingerprint density at radius 2 is 0.650 bits per heavy atom. The van der Waals surface area contributed by atoms with Gasteiger partial charge in [0.2, 0.25) is 0 Å². The van der Waals surface area contributed by atoms with Crippen molar-refractivity contribution in [2.45, 2.75) is 0 Å². The Morgan fingerprint density at radius 1 is 0.217 bits per heavy atom. The summed E-state index contributed by atoms with van der Waals surface area (Å²) in [4.78, 5) is 0. The van der Waals surface area contributed by atoms with Gasteiger partial charge in [-0.05, 0) is 118 Å². The van der Waals surface area contributed by atoms with E-state index in [9.17, 15) is 0 Å². The highest BCUT2D eigenvalue weighted by atomic mass is 32.1. The summed E-state index contributed by atoms with van der Waals surface area (Å²) in [6, 6.07) is 76.8. The van der Waals surface area contributed by atoms with Crippen LogP contribution in [0, 0.1) is 0 Å². The summed E-state index contributed by atoms with van der Waals surface area (Å²) in [5, 5.41) is 15.5. The van der Waals surface area contributed by atoms with E-state index in [2.05, 4.69) is 206 Å². The number of hydrogen-bond acceptors (Lipinski definition) is 2. The molecule has 0 spiro atoms. The fourth-order valence-electron chi connectivity index (χ4n) is 10.2. The maximum atomic E-state index is 2.44. The maximum absolute atomic E-state index is 2.44. The first-order valence-corrected chi connectivity index (χ1v) is 22.2. The Labute approximate surface area is 354 Å². The Kier molecular flexibility index (Phi) is 7.45. The van der Waals surface area contributed by atoms with Crippen molar-refractivity contribution in [2.75, 3.05) is 0 Å². The SMILES string of the molecule is c1ccc(-c2c3ccccc3c(-c3ccc4sc5cc(-c6c7ccccc7c(-c7cccc8sc9ccccc9c78)c7ccccc67)ccc5c4c3)c3ccccc23)cc1. The van der Waals surface area contributed by atoms with E-state index in [0.717, 1.165) is 0 Å². The Balaban J connectivity index is 1.02. The molecule has 278 valence electrons. The minimum atomic E-state index is 1.25. The molecule has 0 N–H and O–H groups in total. The van der Waals surface area contributed by atoms with Crippen LogP contribution in [0.2, 0.25) is 0 Å². The first-order chi connectivity index (χ1) is 29.8. The topological polar surface area (TPSA) is 0 Å². The molecule has 0 fully saturated rings. The van der Waals surface area contributed by atoms with E-state index in [-0.39, 0.29) is 0 Å². The summed E-state index contributed by atoms with van der Waals surface area (Å²) < 4.78 is 5.27. The zero-order chi connectivity index (χ0) is 39.3. The molecule has 0 radical (unpaired) electrons. The first-order valence-electron chi connectivity index (χ1n) is 20.6. The van der Waals surface area contributed by atoms with Crippen LogP contribution >= 0.6 is 22.7 Å². The van der Waals surface area contributed by atoms with Gasteiger partial charge in [0.05, 0.1) is 0 Å². The van der Waals surface area contributed by atoms with Crippen LogP contribution in [0.4, 0.5) is 0 Å². The second-order valence-corrected chi connectivity index (χ2v) is 18.0. The molecular weight excluding hydrogens is 761 g/mol. The number of fused-ring (bicyclic) bond motifs is 10. The van der Waals surface area contributed by atoms with Crippen molar-refractivity contribution in [1.29, 1.82) is 0 Å². The molecular formula is C58H34S2. The minimum absolute atomic E-state index is 1.25. The molecule has 0 saturated carbocycles. The van der Waals surface area contributed by atoms with Crippen LogP contribution in [-0.4, -0.2) is 0 Å². The van der Waals surface area contributed by atoms with E-state index in [4.69, 9.17) is 0 Å². The summed E-state index contributed by atoms with van der Waals surface area (Å²) in [6.45, 7) is 0. The third-order valence-corrected chi connectivity index (χ3v) is 14.9. The second kappa shape index (κ2) is 13.2. The van der Waals surface area contributed by atoms with Crippen LogP contribution < -0.4 is 0 Å². The van der Waals surface area contributed by atoms with Gasteiger partial charge in [0.1, 0.15) is 0 Å². The molecule has 60 heavy (non-hydrogen) atoms. The van der Waals surface area contributed by atoms with Gasteiger partial charge in [-0.2, -0.15) is 0 Å². The summed E-state index contributed by atoms with van der Waals surface area (Å²) >= 11 is 3.78. The molecule has 2 aromatic heterocycles. The van der Waals surface area contributed by atoms with Crippen molar-refractivity contribution in [1.82, 2.24) is 0 Å². The molecule has 11 aromatic carbocycles. The molecule has 0 aliphatic heterocycles. The van der Waals surface area contributed by atoms with Crippen molar-refractivity contribution in [3.63, 3.8) is 0 Å². The third-order valence-electron chi connectivity index (χ3n) is 12.6. The van der Waals surface area contributed by atoms with Crippen molar-refractivity contribution < 1.29 is 0 Å². The van der Waals surface area contributed by atoms with Gasteiger partial charge in [0.25, 0.3) is 0 Å². The van der Waals surface area contributed by atoms with E-state index < -0.39 is 0 Å². The van der Waals surface area contributed by atoms with E-state index in [1.54, 1.807) is 0 Å². The van der Waals surface area contributed by atoms with Gasteiger partial charge in [-0.1, -0.05) is 176 Å². The lowest BCUT2D eigenvalue weighted by Gasteiger charge is -2.18. The highest BCUT2D eigenvalue weighted by Gasteiger charge is 2.21. The number of thiophene rings is 2. The van der Waals surface area contributed by atoms with Crippen molar-refractivity contribution in [3.8, 4) is 44.5 Å². The van der Waals surface area contributed by atoms with Gasteiger partial charge >= 0.3 is 0 Å². The zero-order valence-electron chi connectivity index (χ0n) is 32.4. The molecule has 0 aliphatic rings. The first kappa shape index (κ1) is 33.8. The summed E-state index contributed by atoms with van der Waals surface area (Å²) in [6.07, 6.45) is 0. The highest BCUT2D eigenvalue weighted by Crippen LogP contribution is 2.50. The van der Waals surface area contributed by atoms with Gasteiger partial charge in [-0.25, -0.2) is 0 Å². The van der Waals surface area contributed by atoms with Crippen molar-refractivity contribution in [2.24, 2.45) is 0 Å². The standard InChI is InChI=1S/C58H34S2/c1-2-15-35(16-3-1)54-39-17-4-6-19-41(39)55(42-20-7-5-18-40(42)54)36-30-32-51-49(33-36)38-31-29-37(34-53(38)60-51)56-43-21-8-10-23-45(43)57(46-24-11-9-22-44(46)56)48-26-14-28-52-58(48)47-25-12-13-27-50(47)59-52/h1-34H. The van der Waals surface area contributed by atoms with Crippen molar-refractivity contribution >= 4 is 106 Å². The smallest absolute Gasteiger partial charge is 0.0361 e. The van der Waals surface area contributed by atoms with Crippen molar-refractivity contribution in [3.05, 3.63) is 206 Å².